The van der Waals surface area contributed by atoms with Crippen LogP contribution in [-0.2, 0) is 0 Å². The van der Waals surface area contributed by atoms with Gasteiger partial charge in [-0.25, -0.2) is 0 Å². The molecule has 1 aromatic carbocycles. The number of methoxy groups -OCH3 is 1. The smallest absolute Gasteiger partial charge is 0.137 e. The molecule has 3 nitrogen and oxygen atoms in total. The van der Waals surface area contributed by atoms with Gasteiger partial charge in [0.05, 0.1) is 12.1 Å². The fraction of sp³-hybridized carbons (Fsp3) is 0.571. The molecule has 1 aliphatic rings. The van der Waals surface area contributed by atoms with Crippen molar-refractivity contribution in [2.45, 2.75) is 38.3 Å². The molecule has 2 N–H and O–H groups in total. The van der Waals surface area contributed by atoms with Crippen molar-refractivity contribution in [3.05, 3.63) is 22.7 Å². The van der Waals surface area contributed by atoms with Crippen LogP contribution in [-0.4, -0.2) is 26.2 Å². The van der Waals surface area contributed by atoms with E-state index < -0.39 is 0 Å². The van der Waals surface area contributed by atoms with Crippen LogP contribution in [0.2, 0.25) is 5.02 Å². The summed E-state index contributed by atoms with van der Waals surface area (Å²) in [6.45, 7) is 2.07. The van der Waals surface area contributed by atoms with Crippen molar-refractivity contribution in [2.24, 2.45) is 5.73 Å². The molecule has 0 aromatic heterocycles. The van der Waals surface area contributed by atoms with Crippen molar-refractivity contribution in [1.29, 1.82) is 0 Å². The summed E-state index contributed by atoms with van der Waals surface area (Å²) >= 11 is 6.21. The first-order valence-electron chi connectivity index (χ1n) is 6.37. The van der Waals surface area contributed by atoms with E-state index in [9.17, 15) is 0 Å². The molecule has 0 aliphatic heterocycles. The summed E-state index contributed by atoms with van der Waals surface area (Å²) in [6.07, 6.45) is 3.47. The third-order valence-electron chi connectivity index (χ3n) is 3.88. The van der Waals surface area contributed by atoms with Crippen LogP contribution in [0.15, 0.2) is 12.1 Å². The Labute approximate surface area is 114 Å². The van der Waals surface area contributed by atoms with Crippen molar-refractivity contribution in [2.75, 3.05) is 19.1 Å². The van der Waals surface area contributed by atoms with Crippen molar-refractivity contribution in [3.8, 4) is 5.75 Å². The largest absolute Gasteiger partial charge is 0.495 e. The lowest BCUT2D eigenvalue weighted by molar-refractivity contribution is 0.414. The van der Waals surface area contributed by atoms with Crippen molar-refractivity contribution >= 4 is 17.3 Å². The summed E-state index contributed by atoms with van der Waals surface area (Å²) in [7, 11) is 3.73. The molecule has 1 aliphatic carbocycles. The second-order valence-electron chi connectivity index (χ2n) is 5.05. The maximum Gasteiger partial charge on any atom is 0.137 e. The molecule has 1 fully saturated rings. The topological polar surface area (TPSA) is 38.5 Å². The summed E-state index contributed by atoms with van der Waals surface area (Å²) < 4.78 is 5.23. The zero-order valence-electron chi connectivity index (χ0n) is 11.2. The quantitative estimate of drug-likeness (QED) is 0.916. The maximum atomic E-state index is 6.21. The maximum absolute atomic E-state index is 6.21. The normalized spacial score (nSPS) is 23.2. The molecule has 18 heavy (non-hydrogen) atoms. The van der Waals surface area contributed by atoms with Crippen LogP contribution in [0.5, 0.6) is 5.75 Å². The van der Waals surface area contributed by atoms with Gasteiger partial charge < -0.3 is 15.4 Å². The molecule has 0 heterocycles. The highest BCUT2D eigenvalue weighted by Gasteiger charge is 2.28. The summed E-state index contributed by atoms with van der Waals surface area (Å²) in [5.41, 5.74) is 8.47. The van der Waals surface area contributed by atoms with E-state index in [0.29, 0.717) is 11.1 Å². The van der Waals surface area contributed by atoms with Gasteiger partial charge in [-0.05, 0) is 43.9 Å². The van der Waals surface area contributed by atoms with E-state index >= 15 is 0 Å². The molecule has 0 bridgehead atoms. The molecule has 0 amide bonds. The van der Waals surface area contributed by atoms with Gasteiger partial charge in [-0.3, -0.25) is 0 Å². The van der Waals surface area contributed by atoms with Crippen LogP contribution in [0.3, 0.4) is 0 Å². The number of aryl methyl sites for hydroxylation is 1. The van der Waals surface area contributed by atoms with E-state index in [0.717, 1.165) is 29.8 Å². The first-order valence-corrected chi connectivity index (χ1v) is 6.75. The minimum atomic E-state index is 0.260. The van der Waals surface area contributed by atoms with E-state index in [1.807, 2.05) is 12.1 Å². The summed E-state index contributed by atoms with van der Waals surface area (Å²) in [5, 5.41) is 0.650. The third kappa shape index (κ3) is 2.43. The number of ether oxygens (including phenoxy) is 1. The second-order valence-corrected chi connectivity index (χ2v) is 5.45. The molecular weight excluding hydrogens is 248 g/mol. The Kier molecular flexibility index (Phi) is 4.03. The van der Waals surface area contributed by atoms with Crippen LogP contribution in [0, 0.1) is 6.92 Å². The van der Waals surface area contributed by atoms with E-state index in [1.165, 1.54) is 6.42 Å². The number of nitrogens with zero attached hydrogens (tertiary/aromatic N) is 1. The molecule has 1 saturated carbocycles. The fourth-order valence-corrected chi connectivity index (χ4v) is 3.04. The monoisotopic (exact) mass is 268 g/mol. The first kappa shape index (κ1) is 13.5. The highest BCUT2D eigenvalue weighted by Crippen LogP contribution is 2.35. The Morgan fingerprint density at radius 1 is 1.39 bits per heavy atom. The van der Waals surface area contributed by atoms with Gasteiger partial charge in [0.2, 0.25) is 0 Å². The van der Waals surface area contributed by atoms with Gasteiger partial charge in [0.1, 0.15) is 5.75 Å². The minimum Gasteiger partial charge on any atom is -0.495 e. The average molecular weight is 269 g/mol. The van der Waals surface area contributed by atoms with Gasteiger partial charge >= 0.3 is 0 Å². The molecule has 4 heteroatoms. The van der Waals surface area contributed by atoms with Gasteiger partial charge in [-0.2, -0.15) is 0 Å². The predicted molar refractivity (Wildman–Crippen MR) is 76.8 cm³/mol. The Bertz CT molecular complexity index is 436. The first-order chi connectivity index (χ1) is 8.54. The van der Waals surface area contributed by atoms with Crippen LogP contribution in [0.1, 0.15) is 24.8 Å². The second kappa shape index (κ2) is 5.37. The van der Waals surface area contributed by atoms with Gasteiger partial charge in [0, 0.05) is 24.8 Å². The number of hydrogen-bond acceptors (Lipinski definition) is 3. The number of benzene rings is 1. The van der Waals surface area contributed by atoms with Crippen LogP contribution in [0.25, 0.3) is 0 Å². The number of nitrogens with two attached hydrogens (primary N) is 1. The number of likely N-dealkylation sites (N-methyl/N-ethyl adjacent to an activating group) is 1. The van der Waals surface area contributed by atoms with Gasteiger partial charge in [-0.15, -0.1) is 0 Å². The summed E-state index contributed by atoms with van der Waals surface area (Å²) in [6, 6.07) is 4.62. The number of hydrogen-bond donors (Lipinski definition) is 1. The van der Waals surface area contributed by atoms with E-state index in [4.69, 9.17) is 22.1 Å². The Morgan fingerprint density at radius 3 is 2.67 bits per heavy atom. The molecule has 0 saturated heterocycles. The van der Waals surface area contributed by atoms with Crippen molar-refractivity contribution < 1.29 is 4.74 Å². The lowest BCUT2D eigenvalue weighted by atomic mass is 10.1. The Hall–Kier alpha value is -0.930. The van der Waals surface area contributed by atoms with Crippen molar-refractivity contribution in [1.82, 2.24) is 0 Å². The highest BCUT2D eigenvalue weighted by molar-refractivity contribution is 6.32. The van der Waals surface area contributed by atoms with E-state index in [2.05, 4.69) is 18.9 Å². The fourth-order valence-electron chi connectivity index (χ4n) is 2.81. The lowest BCUT2D eigenvalue weighted by Gasteiger charge is -2.31. The molecule has 0 radical (unpaired) electrons. The molecule has 1 aromatic rings. The molecule has 100 valence electrons. The zero-order chi connectivity index (χ0) is 13.3. The molecule has 2 unspecified atom stereocenters. The molecule has 2 atom stereocenters. The molecule has 0 spiro atoms. The van der Waals surface area contributed by atoms with E-state index in [1.54, 1.807) is 7.11 Å². The summed E-state index contributed by atoms with van der Waals surface area (Å²) in [4.78, 5) is 2.26. The number of anilines is 1. The minimum absolute atomic E-state index is 0.260. The van der Waals surface area contributed by atoms with Gasteiger partial charge in [0.15, 0.2) is 0 Å². The molecular formula is C14H21ClN2O. The van der Waals surface area contributed by atoms with Crippen molar-refractivity contribution in [3.63, 3.8) is 0 Å². The zero-order valence-corrected chi connectivity index (χ0v) is 12.0. The van der Waals surface area contributed by atoms with Crippen LogP contribution >= 0.6 is 11.6 Å². The number of rotatable bonds is 3. The number of halogens is 1. The predicted octanol–water partition coefficient (Wildman–Crippen LogP) is 2.97. The average Bonchev–Trinajstić information content (AvgIpc) is 2.77. The Morgan fingerprint density at radius 2 is 2.11 bits per heavy atom. The standard InChI is InChI=1S/C14H21ClN2O/c1-9-7-14(18-3)10(15)8-13(9)17(2)12-6-4-5-11(12)16/h7-8,11-12H,4-6,16H2,1-3H3. The van der Waals surface area contributed by atoms with E-state index in [-0.39, 0.29) is 6.04 Å². The van der Waals surface area contributed by atoms with Crippen LogP contribution in [0.4, 0.5) is 5.69 Å². The van der Waals surface area contributed by atoms with Gasteiger partial charge in [0.25, 0.3) is 0 Å². The Balaban J connectivity index is 2.30. The lowest BCUT2D eigenvalue weighted by Crippen LogP contribution is -2.42. The third-order valence-corrected chi connectivity index (χ3v) is 4.17. The molecule has 2 rings (SSSR count). The van der Waals surface area contributed by atoms with Gasteiger partial charge in [-0.1, -0.05) is 11.6 Å². The highest BCUT2D eigenvalue weighted by atomic mass is 35.5. The SMILES string of the molecule is COc1cc(C)c(N(C)C2CCCC2N)cc1Cl. The van der Waals surface area contributed by atoms with Crippen LogP contribution < -0.4 is 15.4 Å². The summed E-state index contributed by atoms with van der Waals surface area (Å²) in [5.74, 6) is 0.724.